The zero-order chi connectivity index (χ0) is 12.6. The van der Waals surface area contributed by atoms with Crippen molar-refractivity contribution in [2.24, 2.45) is 5.92 Å². The van der Waals surface area contributed by atoms with Crippen LogP contribution in [0.25, 0.3) is 0 Å². The van der Waals surface area contributed by atoms with Gasteiger partial charge in [0.2, 0.25) is 5.91 Å². The van der Waals surface area contributed by atoms with E-state index in [0.29, 0.717) is 17.7 Å². The maximum Gasteiger partial charge on any atom is 0.229 e. The summed E-state index contributed by atoms with van der Waals surface area (Å²) in [6, 6.07) is 5.27. The van der Waals surface area contributed by atoms with E-state index in [9.17, 15) is 9.59 Å². The van der Waals surface area contributed by atoms with Crippen LogP contribution in [0.1, 0.15) is 29.3 Å². The van der Waals surface area contributed by atoms with Crippen LogP contribution in [0.3, 0.4) is 0 Å². The van der Waals surface area contributed by atoms with Gasteiger partial charge in [0.05, 0.1) is 10.8 Å². The fourth-order valence-electron chi connectivity index (χ4n) is 1.78. The Morgan fingerprint density at radius 1 is 1.59 bits per heavy atom. The Hall–Kier alpha value is -1.35. The quantitative estimate of drug-likeness (QED) is 0.663. The smallest absolute Gasteiger partial charge is 0.229 e. The summed E-state index contributed by atoms with van der Waals surface area (Å²) in [5.41, 5.74) is 2.13. The maximum absolute atomic E-state index is 11.8. The van der Waals surface area contributed by atoms with E-state index in [0.717, 1.165) is 11.8 Å². The van der Waals surface area contributed by atoms with Gasteiger partial charge in [0.25, 0.3) is 0 Å². The van der Waals surface area contributed by atoms with Gasteiger partial charge in [-0.1, -0.05) is 6.07 Å². The molecule has 3 nitrogen and oxygen atoms in total. The Labute approximate surface area is 105 Å². The van der Waals surface area contributed by atoms with Crippen molar-refractivity contribution in [3.05, 3.63) is 29.3 Å². The highest BCUT2D eigenvalue weighted by Gasteiger charge is 2.53. The number of carbonyl (C=O) groups excluding carboxylic acids is 2. The highest BCUT2D eigenvalue weighted by Crippen LogP contribution is 2.49. The van der Waals surface area contributed by atoms with Crippen molar-refractivity contribution in [2.45, 2.75) is 25.1 Å². The van der Waals surface area contributed by atoms with Crippen LogP contribution in [0.15, 0.2) is 18.2 Å². The van der Waals surface area contributed by atoms with Crippen LogP contribution in [0, 0.1) is 12.8 Å². The number of rotatable bonds is 3. The van der Waals surface area contributed by atoms with Crippen molar-refractivity contribution in [1.29, 1.82) is 0 Å². The van der Waals surface area contributed by atoms with Crippen LogP contribution in [0.2, 0.25) is 0 Å². The van der Waals surface area contributed by atoms with Crippen LogP contribution in [0.4, 0.5) is 5.69 Å². The van der Waals surface area contributed by atoms with E-state index in [4.69, 9.17) is 11.6 Å². The summed E-state index contributed by atoms with van der Waals surface area (Å²) in [7, 11) is 0. The minimum Gasteiger partial charge on any atom is -0.326 e. The molecule has 1 aliphatic rings. The standard InChI is InChI=1S/C13H14ClNO2/c1-8-3-4-10(5-9(8)7-16)15-12(17)11-6-13(11,2)14/h3-5,7,11H,6H2,1-2H3,(H,15,17). The van der Waals surface area contributed by atoms with Gasteiger partial charge in [0.1, 0.15) is 6.29 Å². The van der Waals surface area contributed by atoms with Gasteiger partial charge in [0.15, 0.2) is 0 Å². The number of benzene rings is 1. The van der Waals surface area contributed by atoms with Crippen LogP contribution in [-0.4, -0.2) is 17.1 Å². The number of amides is 1. The lowest BCUT2D eigenvalue weighted by atomic mass is 10.1. The Bertz CT molecular complexity index is 482. The van der Waals surface area contributed by atoms with Crippen molar-refractivity contribution < 1.29 is 9.59 Å². The first-order valence-electron chi connectivity index (χ1n) is 5.49. The van der Waals surface area contributed by atoms with Gasteiger partial charge in [-0.2, -0.15) is 0 Å². The van der Waals surface area contributed by atoms with E-state index in [1.807, 2.05) is 19.9 Å². The summed E-state index contributed by atoms with van der Waals surface area (Å²) in [6.45, 7) is 3.71. The minimum atomic E-state index is -0.401. The molecule has 0 radical (unpaired) electrons. The fraction of sp³-hybridized carbons (Fsp3) is 0.385. The first-order valence-corrected chi connectivity index (χ1v) is 5.87. The van der Waals surface area contributed by atoms with E-state index < -0.39 is 4.87 Å². The summed E-state index contributed by atoms with van der Waals surface area (Å²) in [5.74, 6) is -0.214. The molecule has 17 heavy (non-hydrogen) atoms. The Balaban J connectivity index is 2.09. The van der Waals surface area contributed by atoms with E-state index >= 15 is 0 Å². The van der Waals surface area contributed by atoms with Gasteiger partial charge in [-0.3, -0.25) is 9.59 Å². The molecule has 90 valence electrons. The lowest BCUT2D eigenvalue weighted by Crippen LogP contribution is -2.17. The normalized spacial score (nSPS) is 26.4. The highest BCUT2D eigenvalue weighted by molar-refractivity contribution is 6.28. The number of hydrogen-bond acceptors (Lipinski definition) is 2. The number of aldehydes is 1. The first kappa shape index (κ1) is 12.1. The molecule has 1 saturated carbocycles. The number of alkyl halides is 1. The van der Waals surface area contributed by atoms with E-state index in [-0.39, 0.29) is 11.8 Å². The molecule has 0 heterocycles. The van der Waals surface area contributed by atoms with Crippen LogP contribution in [-0.2, 0) is 4.79 Å². The van der Waals surface area contributed by atoms with Gasteiger partial charge in [0, 0.05) is 11.3 Å². The third-order valence-corrected chi connectivity index (χ3v) is 3.58. The van der Waals surface area contributed by atoms with E-state index in [1.165, 1.54) is 0 Å². The minimum absolute atomic E-state index is 0.0804. The molecule has 0 saturated heterocycles. The SMILES string of the molecule is Cc1ccc(NC(=O)C2CC2(C)Cl)cc1C=O. The Kier molecular flexibility index (Phi) is 2.96. The van der Waals surface area contributed by atoms with E-state index in [2.05, 4.69) is 5.32 Å². The molecular formula is C13H14ClNO2. The second-order valence-corrected chi connectivity index (χ2v) is 5.58. The van der Waals surface area contributed by atoms with Gasteiger partial charge in [-0.15, -0.1) is 11.6 Å². The fourth-order valence-corrected chi connectivity index (χ4v) is 2.03. The third-order valence-electron chi connectivity index (χ3n) is 3.16. The summed E-state index contributed by atoms with van der Waals surface area (Å²) in [6.07, 6.45) is 1.49. The zero-order valence-corrected chi connectivity index (χ0v) is 10.5. The predicted octanol–water partition coefficient (Wildman–Crippen LogP) is 2.76. The number of hydrogen-bond donors (Lipinski definition) is 1. The third kappa shape index (κ3) is 2.50. The van der Waals surface area contributed by atoms with Crippen LogP contribution >= 0.6 is 11.6 Å². The van der Waals surface area contributed by atoms with Crippen molar-refractivity contribution >= 4 is 29.5 Å². The molecule has 1 fully saturated rings. The number of nitrogens with one attached hydrogen (secondary N) is 1. The molecule has 1 aliphatic carbocycles. The van der Waals surface area contributed by atoms with Crippen molar-refractivity contribution in [1.82, 2.24) is 0 Å². The van der Waals surface area contributed by atoms with Crippen molar-refractivity contribution in [3.8, 4) is 0 Å². The lowest BCUT2D eigenvalue weighted by molar-refractivity contribution is -0.117. The van der Waals surface area contributed by atoms with Gasteiger partial charge >= 0.3 is 0 Å². The number of carbonyl (C=O) groups is 2. The molecule has 2 atom stereocenters. The predicted molar refractivity (Wildman–Crippen MR) is 67.6 cm³/mol. The molecule has 0 bridgehead atoms. The van der Waals surface area contributed by atoms with Gasteiger partial charge < -0.3 is 5.32 Å². The first-order chi connectivity index (χ1) is 7.94. The maximum atomic E-state index is 11.8. The molecule has 2 rings (SSSR count). The number of aryl methyl sites for hydroxylation is 1. The monoisotopic (exact) mass is 251 g/mol. The summed E-state index contributed by atoms with van der Waals surface area (Å²) >= 11 is 6.04. The highest BCUT2D eigenvalue weighted by atomic mass is 35.5. The molecule has 1 aromatic rings. The number of halogens is 1. The van der Waals surface area contributed by atoms with Crippen molar-refractivity contribution in [3.63, 3.8) is 0 Å². The average Bonchev–Trinajstić information content (AvgIpc) is 2.91. The molecule has 0 spiro atoms. The van der Waals surface area contributed by atoms with Gasteiger partial charge in [-0.05, 0) is 38.0 Å². The molecule has 0 aliphatic heterocycles. The molecule has 0 aromatic heterocycles. The van der Waals surface area contributed by atoms with Crippen molar-refractivity contribution in [2.75, 3.05) is 5.32 Å². The topological polar surface area (TPSA) is 46.2 Å². The molecular weight excluding hydrogens is 238 g/mol. The molecule has 2 unspecified atom stereocenters. The van der Waals surface area contributed by atoms with Crippen LogP contribution < -0.4 is 5.32 Å². The lowest BCUT2D eigenvalue weighted by Gasteiger charge is -2.07. The Morgan fingerprint density at radius 2 is 2.24 bits per heavy atom. The average molecular weight is 252 g/mol. The van der Waals surface area contributed by atoms with E-state index in [1.54, 1.807) is 12.1 Å². The zero-order valence-electron chi connectivity index (χ0n) is 9.79. The number of anilines is 1. The summed E-state index contributed by atoms with van der Waals surface area (Å²) in [5, 5.41) is 2.78. The molecule has 1 aromatic carbocycles. The van der Waals surface area contributed by atoms with Crippen LogP contribution in [0.5, 0.6) is 0 Å². The Morgan fingerprint density at radius 3 is 2.76 bits per heavy atom. The molecule has 4 heteroatoms. The molecule has 1 N–H and O–H groups in total. The second-order valence-electron chi connectivity index (χ2n) is 4.71. The second kappa shape index (κ2) is 4.15. The largest absolute Gasteiger partial charge is 0.326 e. The summed E-state index contributed by atoms with van der Waals surface area (Å²) in [4.78, 5) is 22.2. The summed E-state index contributed by atoms with van der Waals surface area (Å²) < 4.78 is 0. The molecule has 1 amide bonds. The van der Waals surface area contributed by atoms with Gasteiger partial charge in [-0.25, -0.2) is 0 Å².